The number of nitro groups is 1. The lowest BCUT2D eigenvalue weighted by Crippen LogP contribution is -2.18. The van der Waals surface area contributed by atoms with E-state index in [1.54, 1.807) is 36.4 Å². The predicted molar refractivity (Wildman–Crippen MR) is 132 cm³/mol. The van der Waals surface area contributed by atoms with Crippen LogP contribution < -0.4 is 5.32 Å². The Morgan fingerprint density at radius 2 is 1.94 bits per heavy atom. The third-order valence-corrected chi connectivity index (χ3v) is 8.27. The van der Waals surface area contributed by atoms with E-state index >= 15 is 0 Å². The third-order valence-electron chi connectivity index (χ3n) is 4.91. The number of nitrogens with one attached hydrogen (secondary N) is 1. The second-order valence-corrected chi connectivity index (χ2v) is 11.2. The fraction of sp³-hybridized carbons (Fsp3) is 0.0435. The molecule has 0 radical (unpaired) electrons. The van der Waals surface area contributed by atoms with Crippen molar-refractivity contribution in [3.05, 3.63) is 91.8 Å². The average molecular weight is 501 g/mol. The van der Waals surface area contributed by atoms with Gasteiger partial charge >= 0.3 is 5.69 Å². The van der Waals surface area contributed by atoms with Gasteiger partial charge in [-0.15, -0.1) is 0 Å². The van der Waals surface area contributed by atoms with Crippen molar-refractivity contribution in [3.63, 3.8) is 0 Å². The van der Waals surface area contributed by atoms with Gasteiger partial charge in [-0.2, -0.15) is 0 Å². The van der Waals surface area contributed by atoms with Crippen LogP contribution in [0.3, 0.4) is 0 Å². The molecule has 33 heavy (non-hydrogen) atoms. The summed E-state index contributed by atoms with van der Waals surface area (Å²) in [5, 5.41) is 23.9. The van der Waals surface area contributed by atoms with Gasteiger partial charge in [0, 0.05) is 36.2 Å². The van der Waals surface area contributed by atoms with Crippen LogP contribution in [0.4, 0.5) is 11.4 Å². The Labute approximate surface area is 199 Å². The van der Waals surface area contributed by atoms with Gasteiger partial charge in [0.2, 0.25) is 0 Å². The second kappa shape index (κ2) is 8.93. The molecule has 2 N–H and O–H groups in total. The molecule has 1 atom stereocenters. The van der Waals surface area contributed by atoms with E-state index in [1.165, 1.54) is 36.0 Å². The summed E-state index contributed by atoms with van der Waals surface area (Å²) in [6, 6.07) is 16.1. The Morgan fingerprint density at radius 1 is 1.18 bits per heavy atom. The fourth-order valence-electron chi connectivity index (χ4n) is 3.25. The predicted octanol–water partition coefficient (Wildman–Crippen LogP) is 5.31. The Hall–Kier alpha value is -3.27. The lowest BCUT2D eigenvalue weighted by Gasteiger charge is -2.20. The summed E-state index contributed by atoms with van der Waals surface area (Å²) in [7, 11) is -2.71. The van der Waals surface area contributed by atoms with Gasteiger partial charge in [-0.1, -0.05) is 47.6 Å². The molecule has 1 aliphatic heterocycles. The summed E-state index contributed by atoms with van der Waals surface area (Å²) >= 11 is 7.39. The van der Waals surface area contributed by atoms with Gasteiger partial charge in [-0.25, -0.2) is 0 Å². The van der Waals surface area contributed by atoms with Crippen LogP contribution in [-0.4, -0.2) is 26.0 Å². The molecule has 3 aromatic rings. The van der Waals surface area contributed by atoms with Crippen molar-refractivity contribution >= 4 is 62.1 Å². The zero-order valence-electron chi connectivity index (χ0n) is 17.0. The number of anilines is 1. The zero-order valence-corrected chi connectivity index (χ0v) is 19.4. The Kier molecular flexibility index (Phi) is 6.20. The fourth-order valence-corrected chi connectivity index (χ4v) is 6.03. The van der Waals surface area contributed by atoms with Crippen LogP contribution in [0.25, 0.3) is 6.08 Å². The smallest absolute Gasteiger partial charge is 0.311 e. The van der Waals surface area contributed by atoms with Crippen molar-refractivity contribution in [1.29, 1.82) is 0 Å². The number of phenolic OH excluding ortho intramolecular Hbond substituents is 1. The highest BCUT2D eigenvalue weighted by Gasteiger charge is 2.23. The summed E-state index contributed by atoms with van der Waals surface area (Å²) in [5.74, 6) is 3.22. The third kappa shape index (κ3) is 4.90. The molecular weight excluding hydrogens is 484 g/mol. The monoisotopic (exact) mass is 500 g/mol. The number of fused-ring (bicyclic) bond motifs is 1. The minimum Gasteiger partial charge on any atom is -0.502 e. The van der Waals surface area contributed by atoms with Gasteiger partial charge < -0.3 is 10.4 Å². The van der Waals surface area contributed by atoms with E-state index in [0.717, 1.165) is 10.5 Å². The van der Waals surface area contributed by atoms with E-state index in [9.17, 15) is 24.2 Å². The molecule has 0 saturated heterocycles. The molecule has 0 aromatic heterocycles. The number of hydrogen-bond acceptors (Lipinski definition) is 6. The molecule has 168 valence electrons. The Bertz CT molecular complexity index is 1430. The van der Waals surface area contributed by atoms with Crippen molar-refractivity contribution in [2.75, 3.05) is 5.32 Å². The molecule has 0 fully saturated rings. The lowest BCUT2D eigenvalue weighted by atomic mass is 10.1. The molecule has 0 saturated carbocycles. The zero-order chi connectivity index (χ0) is 23.8. The number of carbonyl (C=O) groups excluding carboxylic acids is 1. The van der Waals surface area contributed by atoms with Crippen molar-refractivity contribution in [1.82, 2.24) is 0 Å². The minimum atomic E-state index is -2.71. The number of thioether (sulfide) groups is 1. The number of rotatable bonds is 5. The largest absolute Gasteiger partial charge is 0.502 e. The maximum atomic E-state index is 13.3. The summed E-state index contributed by atoms with van der Waals surface area (Å²) in [6.07, 6.45) is 1.51. The van der Waals surface area contributed by atoms with Crippen LogP contribution in [0.2, 0.25) is 5.02 Å². The molecule has 0 bridgehead atoms. The van der Waals surface area contributed by atoms with Crippen LogP contribution in [0.1, 0.15) is 11.1 Å². The molecule has 10 heteroatoms. The van der Waals surface area contributed by atoms with Crippen molar-refractivity contribution < 1.29 is 19.0 Å². The first kappa shape index (κ1) is 22.9. The van der Waals surface area contributed by atoms with Gasteiger partial charge in [0.15, 0.2) is 5.75 Å². The van der Waals surface area contributed by atoms with Crippen molar-refractivity contribution in [3.8, 4) is 5.75 Å². The molecular formula is C23H17ClN2O5S2. The quantitative estimate of drug-likeness (QED) is 0.212. The molecule has 0 spiro atoms. The number of carbonyl (C=O) groups is 1. The number of benzene rings is 3. The molecule has 0 aliphatic carbocycles. The number of nitro benzene ring substituents is 1. The topological polar surface area (TPSA) is 110 Å². The first-order valence-corrected chi connectivity index (χ1v) is 12.6. The van der Waals surface area contributed by atoms with Crippen LogP contribution in [-0.2, 0) is 20.1 Å². The van der Waals surface area contributed by atoms with E-state index in [4.69, 9.17) is 11.6 Å². The highest BCUT2D eigenvalue weighted by Crippen LogP contribution is 2.40. The number of amides is 1. The molecule has 1 heterocycles. The van der Waals surface area contributed by atoms with Crippen LogP contribution in [0.5, 0.6) is 5.75 Å². The maximum absolute atomic E-state index is 13.3. The lowest BCUT2D eigenvalue weighted by molar-refractivity contribution is -0.385. The Morgan fingerprint density at radius 3 is 2.67 bits per heavy atom. The average Bonchev–Trinajstić information content (AvgIpc) is 2.76. The number of nitrogens with zero attached hydrogens (tertiary/aromatic N) is 1. The first-order valence-electron chi connectivity index (χ1n) is 9.55. The van der Waals surface area contributed by atoms with E-state index in [-0.39, 0.29) is 5.75 Å². The number of aromatic hydroxyl groups is 1. The van der Waals surface area contributed by atoms with Crippen LogP contribution >= 0.6 is 23.4 Å². The number of halogens is 1. The first-order chi connectivity index (χ1) is 15.6. The van der Waals surface area contributed by atoms with Crippen molar-refractivity contribution in [2.45, 2.75) is 15.5 Å². The van der Waals surface area contributed by atoms with Gasteiger partial charge in [-0.05, 0) is 53.4 Å². The normalized spacial score (nSPS) is 16.0. The summed E-state index contributed by atoms with van der Waals surface area (Å²) in [5.41, 5.74) is 1.19. The van der Waals surface area contributed by atoms with Gasteiger partial charge in [-0.3, -0.25) is 19.1 Å². The summed E-state index contributed by atoms with van der Waals surface area (Å²) in [6.45, 7) is 0. The number of hydrogen-bond donors (Lipinski definition) is 2. The molecule has 1 unspecified atom stereocenters. The maximum Gasteiger partial charge on any atom is 0.311 e. The molecule has 7 nitrogen and oxygen atoms in total. The van der Waals surface area contributed by atoms with E-state index in [1.807, 2.05) is 6.07 Å². The van der Waals surface area contributed by atoms with Crippen molar-refractivity contribution in [2.24, 2.45) is 0 Å². The van der Waals surface area contributed by atoms with Gasteiger partial charge in [0.1, 0.15) is 0 Å². The second-order valence-electron chi connectivity index (χ2n) is 7.28. The van der Waals surface area contributed by atoms with Gasteiger partial charge in [0.25, 0.3) is 5.91 Å². The molecule has 1 aliphatic rings. The highest BCUT2D eigenvalue weighted by atomic mass is 35.5. The van der Waals surface area contributed by atoms with E-state index in [0.29, 0.717) is 26.1 Å². The molecule has 1 amide bonds. The van der Waals surface area contributed by atoms with E-state index in [2.05, 4.69) is 11.2 Å². The summed E-state index contributed by atoms with van der Waals surface area (Å²) in [4.78, 5) is 24.5. The SMILES string of the molecule is C=S(=O)(Cc1ccccc1Cl)c1ccc2c(c1)NC(=O)/C(=C/c1ccc(O)c([N+](=O)[O-])c1)S2. The van der Waals surface area contributed by atoms with Crippen LogP contribution in [0, 0.1) is 10.1 Å². The van der Waals surface area contributed by atoms with Crippen LogP contribution in [0.15, 0.2) is 75.4 Å². The number of phenols is 1. The van der Waals surface area contributed by atoms with E-state index < -0.39 is 31.8 Å². The van der Waals surface area contributed by atoms with Gasteiger partial charge in [0.05, 0.1) is 15.5 Å². The molecule has 3 aromatic carbocycles. The Balaban J connectivity index is 1.61. The molecule has 4 rings (SSSR count). The standard InChI is InChI=1S/C23H17ClN2O5S2/c1-33(31,13-15-4-2-3-5-17(15)24)16-7-9-21-18(12-16)25-23(28)22(32-21)11-14-6-8-20(27)19(10-14)26(29)30/h2-12,27H,1,13H2,(H,25,28)/b22-11-. The minimum absolute atomic E-state index is 0.164. The highest BCUT2D eigenvalue weighted by molar-refractivity contribution is 8.04. The summed E-state index contributed by atoms with van der Waals surface area (Å²) < 4.78 is 13.3.